The second kappa shape index (κ2) is 8.06. The number of rotatable bonds is 2. The van der Waals surface area contributed by atoms with Crippen molar-refractivity contribution < 1.29 is 19.1 Å². The van der Waals surface area contributed by atoms with Crippen LogP contribution >= 0.6 is 0 Å². The Balaban J connectivity index is 1.38. The van der Waals surface area contributed by atoms with Crippen molar-refractivity contribution in [2.24, 2.45) is 0 Å². The van der Waals surface area contributed by atoms with Crippen molar-refractivity contribution in [3.05, 3.63) is 47.3 Å². The summed E-state index contributed by atoms with van der Waals surface area (Å²) in [7, 11) is 0. The van der Waals surface area contributed by atoms with Gasteiger partial charge in [-0.05, 0) is 26.3 Å². The van der Waals surface area contributed by atoms with Gasteiger partial charge in [0, 0.05) is 26.2 Å². The van der Waals surface area contributed by atoms with E-state index < -0.39 is 5.60 Å². The van der Waals surface area contributed by atoms with Crippen LogP contribution in [0.15, 0.2) is 30.3 Å². The quantitative estimate of drug-likeness (QED) is 0.750. The van der Waals surface area contributed by atoms with Crippen LogP contribution in [-0.4, -0.2) is 68.6 Å². The van der Waals surface area contributed by atoms with Crippen molar-refractivity contribution in [3.8, 4) is 0 Å². The largest absolute Gasteiger partial charge is 0.444 e. The molecule has 2 aliphatic heterocycles. The van der Waals surface area contributed by atoms with Gasteiger partial charge in [-0.3, -0.25) is 4.79 Å². The normalized spacial score (nSPS) is 19.4. The van der Waals surface area contributed by atoms with Crippen LogP contribution in [0, 0.1) is 0 Å². The molecular weight excluding hydrogens is 386 g/mol. The molecule has 0 bridgehead atoms. The van der Waals surface area contributed by atoms with Crippen LogP contribution < -0.4 is 0 Å². The Morgan fingerprint density at radius 1 is 1.07 bits per heavy atom. The van der Waals surface area contributed by atoms with E-state index in [-0.39, 0.29) is 24.7 Å². The highest BCUT2D eigenvalue weighted by Crippen LogP contribution is 2.27. The summed E-state index contributed by atoms with van der Waals surface area (Å²) in [4.78, 5) is 28.6. The summed E-state index contributed by atoms with van der Waals surface area (Å²) in [5.74, 6) is -0.179. The molecule has 1 fully saturated rings. The molecule has 0 unspecified atom stereocenters. The number of hydrogen-bond acceptors (Lipinski definition) is 6. The summed E-state index contributed by atoms with van der Waals surface area (Å²) in [6, 6.07) is 9.95. The minimum Gasteiger partial charge on any atom is -0.444 e. The zero-order chi connectivity index (χ0) is 21.3. The van der Waals surface area contributed by atoms with Gasteiger partial charge in [0.2, 0.25) is 0 Å². The van der Waals surface area contributed by atoms with E-state index >= 15 is 0 Å². The fraction of sp³-hybridized carbons (Fsp3) is 0.524. The highest BCUT2D eigenvalue weighted by Gasteiger charge is 2.32. The van der Waals surface area contributed by atoms with E-state index in [0.717, 1.165) is 5.56 Å². The summed E-state index contributed by atoms with van der Waals surface area (Å²) in [5, 5.41) is 8.33. The van der Waals surface area contributed by atoms with Crippen molar-refractivity contribution in [2.45, 2.75) is 45.6 Å². The van der Waals surface area contributed by atoms with Crippen molar-refractivity contribution in [3.63, 3.8) is 0 Å². The number of benzene rings is 1. The Bertz CT molecular complexity index is 913. The topological polar surface area (TPSA) is 89.8 Å². The molecule has 1 atom stereocenters. The molecule has 1 aromatic heterocycles. The summed E-state index contributed by atoms with van der Waals surface area (Å²) in [6.07, 6.45) is -0.461. The lowest BCUT2D eigenvalue weighted by atomic mass is 10.1. The van der Waals surface area contributed by atoms with Crippen molar-refractivity contribution >= 4 is 12.0 Å². The van der Waals surface area contributed by atoms with Crippen molar-refractivity contribution in [2.75, 3.05) is 26.2 Å². The molecular formula is C21H27N5O4. The van der Waals surface area contributed by atoms with Gasteiger partial charge in [0.05, 0.1) is 18.8 Å². The standard InChI is InChI=1S/C21H27N5O4/c1-21(2,3)30-20(28)25-11-9-24(10-12-25)19(27)18-16-14-29-17(13-26(16)23-22-18)15-7-5-4-6-8-15/h4-8,17H,9-14H2,1-3H3/t17-/m0/s1. The van der Waals surface area contributed by atoms with Gasteiger partial charge in [0.1, 0.15) is 11.7 Å². The molecule has 0 aliphatic carbocycles. The predicted molar refractivity (Wildman–Crippen MR) is 108 cm³/mol. The van der Waals surface area contributed by atoms with Gasteiger partial charge in [0.25, 0.3) is 5.91 Å². The van der Waals surface area contributed by atoms with E-state index in [1.807, 2.05) is 51.1 Å². The van der Waals surface area contributed by atoms with E-state index in [0.29, 0.717) is 44.1 Å². The van der Waals surface area contributed by atoms with Crippen LogP contribution in [0.3, 0.4) is 0 Å². The fourth-order valence-electron chi connectivity index (χ4n) is 3.62. The minimum atomic E-state index is -0.539. The molecule has 0 radical (unpaired) electrons. The summed E-state index contributed by atoms with van der Waals surface area (Å²) < 4.78 is 13.1. The van der Waals surface area contributed by atoms with E-state index in [2.05, 4.69) is 10.3 Å². The maximum absolute atomic E-state index is 13.0. The first-order valence-corrected chi connectivity index (χ1v) is 10.2. The second-order valence-corrected chi connectivity index (χ2v) is 8.54. The van der Waals surface area contributed by atoms with E-state index in [9.17, 15) is 9.59 Å². The highest BCUT2D eigenvalue weighted by molar-refractivity contribution is 5.93. The molecule has 2 aliphatic rings. The Kier molecular flexibility index (Phi) is 5.46. The predicted octanol–water partition coefficient (Wildman–Crippen LogP) is 2.24. The van der Waals surface area contributed by atoms with Gasteiger partial charge in [-0.25, -0.2) is 9.48 Å². The molecule has 1 saturated heterocycles. The first-order chi connectivity index (χ1) is 14.3. The third-order valence-electron chi connectivity index (χ3n) is 5.19. The molecule has 9 nitrogen and oxygen atoms in total. The third-order valence-corrected chi connectivity index (χ3v) is 5.19. The van der Waals surface area contributed by atoms with Gasteiger partial charge in [0.15, 0.2) is 5.69 Å². The molecule has 9 heteroatoms. The Hall–Kier alpha value is -2.94. The molecule has 4 rings (SSSR count). The SMILES string of the molecule is CC(C)(C)OC(=O)N1CCN(C(=O)c2nnn3c2CO[C@H](c2ccccc2)C3)CC1. The zero-order valence-corrected chi connectivity index (χ0v) is 17.6. The highest BCUT2D eigenvalue weighted by atomic mass is 16.6. The molecule has 0 saturated carbocycles. The van der Waals surface area contributed by atoms with Gasteiger partial charge in [-0.1, -0.05) is 35.5 Å². The van der Waals surface area contributed by atoms with Crippen LogP contribution in [-0.2, 0) is 22.6 Å². The number of hydrogen-bond donors (Lipinski definition) is 0. The molecule has 0 spiro atoms. The van der Waals surface area contributed by atoms with Crippen LogP contribution in [0.1, 0.15) is 48.6 Å². The van der Waals surface area contributed by atoms with Crippen LogP contribution in [0.25, 0.3) is 0 Å². The minimum absolute atomic E-state index is 0.110. The number of fused-ring (bicyclic) bond motifs is 1. The van der Waals surface area contributed by atoms with Gasteiger partial charge in [-0.15, -0.1) is 5.10 Å². The average molecular weight is 413 g/mol. The second-order valence-electron chi connectivity index (χ2n) is 8.54. The number of carbonyl (C=O) groups is 2. The number of nitrogens with zero attached hydrogens (tertiary/aromatic N) is 5. The first kappa shape index (κ1) is 20.3. The third kappa shape index (κ3) is 4.30. The monoisotopic (exact) mass is 413 g/mol. The number of ether oxygens (including phenoxy) is 2. The number of aromatic nitrogens is 3. The fourth-order valence-corrected chi connectivity index (χ4v) is 3.62. The smallest absolute Gasteiger partial charge is 0.410 e. The first-order valence-electron chi connectivity index (χ1n) is 10.2. The Labute approximate surface area is 175 Å². The lowest BCUT2D eigenvalue weighted by Gasteiger charge is -2.35. The number of amides is 2. The average Bonchev–Trinajstić information content (AvgIpc) is 3.16. The zero-order valence-electron chi connectivity index (χ0n) is 17.6. The molecule has 1 aromatic carbocycles. The summed E-state index contributed by atoms with van der Waals surface area (Å²) in [5.41, 5.74) is 1.56. The van der Waals surface area contributed by atoms with Crippen molar-refractivity contribution in [1.82, 2.24) is 24.8 Å². The van der Waals surface area contributed by atoms with Gasteiger partial charge >= 0.3 is 6.09 Å². The van der Waals surface area contributed by atoms with Gasteiger partial charge in [-0.2, -0.15) is 0 Å². The summed E-state index contributed by atoms with van der Waals surface area (Å²) >= 11 is 0. The van der Waals surface area contributed by atoms with Crippen molar-refractivity contribution in [1.29, 1.82) is 0 Å². The lowest BCUT2D eigenvalue weighted by molar-refractivity contribution is -0.00216. The lowest BCUT2D eigenvalue weighted by Crippen LogP contribution is -2.51. The van der Waals surface area contributed by atoms with E-state index in [1.165, 1.54) is 0 Å². The number of carbonyl (C=O) groups excluding carboxylic acids is 2. The Morgan fingerprint density at radius 3 is 2.40 bits per heavy atom. The van der Waals surface area contributed by atoms with Crippen LogP contribution in [0.4, 0.5) is 4.79 Å². The molecule has 0 N–H and O–H groups in total. The maximum Gasteiger partial charge on any atom is 0.410 e. The molecule has 2 amide bonds. The van der Waals surface area contributed by atoms with E-state index in [1.54, 1.807) is 14.5 Å². The maximum atomic E-state index is 13.0. The molecule has 160 valence electrons. The number of piperazine rings is 1. The molecule has 3 heterocycles. The van der Waals surface area contributed by atoms with Crippen LogP contribution in [0.5, 0.6) is 0 Å². The van der Waals surface area contributed by atoms with Crippen LogP contribution in [0.2, 0.25) is 0 Å². The Morgan fingerprint density at radius 2 is 1.73 bits per heavy atom. The molecule has 2 aromatic rings. The van der Waals surface area contributed by atoms with E-state index in [4.69, 9.17) is 9.47 Å². The molecule has 30 heavy (non-hydrogen) atoms. The van der Waals surface area contributed by atoms with Gasteiger partial charge < -0.3 is 19.3 Å². The summed E-state index contributed by atoms with van der Waals surface area (Å²) in [6.45, 7) is 8.03.